The van der Waals surface area contributed by atoms with Crippen LogP contribution in [0.5, 0.6) is 0 Å². The monoisotopic (exact) mass is 278 g/mol. The molecule has 0 aromatic rings. The molecule has 114 valence electrons. The maximum absolute atomic E-state index is 11.9. The molecule has 20 heavy (non-hydrogen) atoms. The van der Waals surface area contributed by atoms with Crippen molar-refractivity contribution in [1.82, 2.24) is 9.80 Å². The minimum Gasteiger partial charge on any atom is -0.378 e. The average molecular weight is 278 g/mol. The van der Waals surface area contributed by atoms with Crippen LogP contribution < -0.4 is 0 Å². The molecule has 0 saturated carbocycles. The van der Waals surface area contributed by atoms with Gasteiger partial charge in [0.2, 0.25) is 5.91 Å². The predicted octanol–water partition coefficient (Wildman–Crippen LogP) is 3.13. The maximum atomic E-state index is 11.9. The predicted molar refractivity (Wildman–Crippen MR) is 83.3 cm³/mol. The zero-order chi connectivity index (χ0) is 14.8. The summed E-state index contributed by atoms with van der Waals surface area (Å²) in [5.74, 6) is 1.24. The van der Waals surface area contributed by atoms with Crippen LogP contribution in [0.1, 0.15) is 47.0 Å². The van der Waals surface area contributed by atoms with Gasteiger partial charge in [0.05, 0.1) is 0 Å². The van der Waals surface area contributed by atoms with Crippen LogP contribution in [0.2, 0.25) is 0 Å². The van der Waals surface area contributed by atoms with Crippen LogP contribution in [0.4, 0.5) is 0 Å². The molecular formula is C17H30N2O. The Labute approximate surface area is 124 Å². The second kappa shape index (κ2) is 6.19. The summed E-state index contributed by atoms with van der Waals surface area (Å²) in [7, 11) is 0. The largest absolute Gasteiger partial charge is 0.378 e. The lowest BCUT2D eigenvalue weighted by Gasteiger charge is -2.51. The third kappa shape index (κ3) is 3.56. The molecule has 3 heteroatoms. The first-order chi connectivity index (χ1) is 9.42. The number of nitrogens with zero attached hydrogens (tertiary/aromatic N) is 2. The fraction of sp³-hybridized carbons (Fsp3) is 0.824. The molecule has 1 saturated heterocycles. The molecule has 3 nitrogen and oxygen atoms in total. The molecule has 2 aliphatic heterocycles. The van der Waals surface area contributed by atoms with Gasteiger partial charge in [-0.05, 0) is 31.4 Å². The first kappa shape index (κ1) is 15.4. The number of carbonyl (C=O) groups excluding carboxylic acids is 1. The second-order valence-electron chi connectivity index (χ2n) is 7.35. The Bertz CT molecular complexity index is 367. The molecule has 0 unspecified atom stereocenters. The van der Waals surface area contributed by atoms with E-state index >= 15 is 0 Å². The van der Waals surface area contributed by atoms with E-state index in [1.54, 1.807) is 0 Å². The van der Waals surface area contributed by atoms with Gasteiger partial charge in [0.15, 0.2) is 0 Å². The van der Waals surface area contributed by atoms with E-state index in [4.69, 9.17) is 0 Å². The second-order valence-corrected chi connectivity index (χ2v) is 7.35. The molecule has 2 rings (SSSR count). The summed E-state index contributed by atoms with van der Waals surface area (Å²) < 4.78 is 0. The number of rotatable bonds is 5. The van der Waals surface area contributed by atoms with E-state index in [0.29, 0.717) is 11.3 Å². The van der Waals surface area contributed by atoms with Crippen molar-refractivity contribution >= 4 is 5.91 Å². The van der Waals surface area contributed by atoms with Crippen molar-refractivity contribution in [2.45, 2.75) is 47.0 Å². The van der Waals surface area contributed by atoms with Gasteiger partial charge in [0, 0.05) is 37.5 Å². The molecule has 0 radical (unpaired) electrons. The highest BCUT2D eigenvalue weighted by molar-refractivity contribution is 5.79. The Morgan fingerprint density at radius 1 is 1.25 bits per heavy atom. The highest BCUT2D eigenvalue weighted by Gasteiger charge is 2.44. The normalized spacial score (nSPS) is 20.9. The smallest absolute Gasteiger partial charge is 0.225 e. The van der Waals surface area contributed by atoms with Crippen LogP contribution in [0.25, 0.3) is 0 Å². The van der Waals surface area contributed by atoms with E-state index < -0.39 is 0 Å². The highest BCUT2D eigenvalue weighted by Crippen LogP contribution is 2.38. The van der Waals surface area contributed by atoms with Crippen LogP contribution in [0.3, 0.4) is 0 Å². The highest BCUT2D eigenvalue weighted by atomic mass is 16.2. The number of hydrogen-bond donors (Lipinski definition) is 0. The molecule has 0 atom stereocenters. The van der Waals surface area contributed by atoms with Gasteiger partial charge in [-0.1, -0.05) is 33.8 Å². The average Bonchev–Trinajstić information content (AvgIpc) is 2.35. The summed E-state index contributed by atoms with van der Waals surface area (Å²) in [5.41, 5.74) is 0.291. The summed E-state index contributed by atoms with van der Waals surface area (Å²) in [6.07, 6.45) is 8.43. The number of likely N-dealkylation sites (tertiary alicyclic amines) is 1. The van der Waals surface area contributed by atoms with Gasteiger partial charge in [-0.2, -0.15) is 0 Å². The molecule has 2 heterocycles. The molecular weight excluding hydrogens is 248 g/mol. The summed E-state index contributed by atoms with van der Waals surface area (Å²) in [6.45, 7) is 12.7. The van der Waals surface area contributed by atoms with Crippen LogP contribution in [0.15, 0.2) is 12.3 Å². The van der Waals surface area contributed by atoms with Crippen LogP contribution >= 0.6 is 0 Å². The van der Waals surface area contributed by atoms with E-state index in [2.05, 4.69) is 31.0 Å². The van der Waals surface area contributed by atoms with Crippen LogP contribution in [-0.2, 0) is 4.79 Å². The van der Waals surface area contributed by atoms with Crippen molar-refractivity contribution < 1.29 is 4.79 Å². The molecule has 0 aliphatic carbocycles. The first-order valence-corrected chi connectivity index (χ1v) is 8.14. The lowest BCUT2D eigenvalue weighted by atomic mass is 9.75. The third-order valence-corrected chi connectivity index (χ3v) is 4.58. The fourth-order valence-corrected chi connectivity index (χ4v) is 3.18. The lowest BCUT2D eigenvalue weighted by molar-refractivity contribution is -0.145. The Balaban J connectivity index is 1.75. The Hall–Kier alpha value is -0.990. The minimum atomic E-state index is 0.132. The molecule has 0 aromatic heterocycles. The van der Waals surface area contributed by atoms with Crippen molar-refractivity contribution in [3.05, 3.63) is 12.3 Å². The van der Waals surface area contributed by atoms with Gasteiger partial charge in [-0.15, -0.1) is 0 Å². The van der Waals surface area contributed by atoms with E-state index in [-0.39, 0.29) is 5.92 Å². The Morgan fingerprint density at radius 3 is 2.45 bits per heavy atom. The molecule has 1 amide bonds. The SMILES string of the molecule is CC(C)CCCN1C=CC2(CC1)CN(C(=O)C(C)C)C2. The number of hydrogen-bond acceptors (Lipinski definition) is 2. The minimum absolute atomic E-state index is 0.132. The van der Waals surface area contributed by atoms with E-state index in [1.807, 2.05) is 18.7 Å². The Kier molecular flexibility index (Phi) is 4.77. The molecule has 0 aromatic carbocycles. The van der Waals surface area contributed by atoms with E-state index in [0.717, 1.165) is 25.6 Å². The fourth-order valence-electron chi connectivity index (χ4n) is 3.18. The summed E-state index contributed by atoms with van der Waals surface area (Å²) in [4.78, 5) is 16.4. The topological polar surface area (TPSA) is 23.6 Å². The van der Waals surface area contributed by atoms with Gasteiger partial charge in [-0.3, -0.25) is 4.79 Å². The third-order valence-electron chi connectivity index (χ3n) is 4.58. The van der Waals surface area contributed by atoms with Crippen molar-refractivity contribution in [3.63, 3.8) is 0 Å². The molecule has 0 N–H and O–H groups in total. The molecule has 1 fully saturated rings. The molecule has 1 spiro atoms. The first-order valence-electron chi connectivity index (χ1n) is 8.14. The zero-order valence-corrected chi connectivity index (χ0v) is 13.6. The summed E-state index contributed by atoms with van der Waals surface area (Å²) in [5, 5.41) is 0. The van der Waals surface area contributed by atoms with Crippen LogP contribution in [0, 0.1) is 17.3 Å². The maximum Gasteiger partial charge on any atom is 0.225 e. The quantitative estimate of drug-likeness (QED) is 0.771. The van der Waals surface area contributed by atoms with E-state index in [9.17, 15) is 4.79 Å². The van der Waals surface area contributed by atoms with Gasteiger partial charge in [0.1, 0.15) is 0 Å². The van der Waals surface area contributed by atoms with Crippen LogP contribution in [-0.4, -0.2) is 41.9 Å². The van der Waals surface area contributed by atoms with E-state index in [1.165, 1.54) is 25.8 Å². The number of carbonyl (C=O) groups is 1. The summed E-state index contributed by atoms with van der Waals surface area (Å²) >= 11 is 0. The van der Waals surface area contributed by atoms with Gasteiger partial charge in [-0.25, -0.2) is 0 Å². The van der Waals surface area contributed by atoms with Crippen molar-refractivity contribution in [1.29, 1.82) is 0 Å². The summed E-state index contributed by atoms with van der Waals surface area (Å²) in [6, 6.07) is 0. The van der Waals surface area contributed by atoms with Gasteiger partial charge >= 0.3 is 0 Å². The van der Waals surface area contributed by atoms with Gasteiger partial charge in [0.25, 0.3) is 0 Å². The standard InChI is InChI=1S/C17H30N2O/c1-14(2)6-5-9-18-10-7-17(8-11-18)12-19(13-17)16(20)15(3)4/h7,10,14-15H,5-6,8-9,11-13H2,1-4H3. The zero-order valence-electron chi connectivity index (χ0n) is 13.6. The molecule has 2 aliphatic rings. The Morgan fingerprint density at radius 2 is 1.95 bits per heavy atom. The van der Waals surface area contributed by atoms with Gasteiger partial charge < -0.3 is 9.80 Å². The van der Waals surface area contributed by atoms with Crippen molar-refractivity contribution in [3.8, 4) is 0 Å². The molecule has 0 bridgehead atoms. The van der Waals surface area contributed by atoms with Crippen molar-refractivity contribution in [2.75, 3.05) is 26.2 Å². The number of amides is 1. The van der Waals surface area contributed by atoms with Crippen molar-refractivity contribution in [2.24, 2.45) is 17.3 Å². The lowest BCUT2D eigenvalue weighted by Crippen LogP contribution is -2.60.